The van der Waals surface area contributed by atoms with Gasteiger partial charge in [-0.3, -0.25) is 14.9 Å². The molecule has 1 saturated heterocycles. The number of para-hydroxylation sites is 1. The molecule has 1 N–H and O–H groups in total. The van der Waals surface area contributed by atoms with Crippen LogP contribution in [0.5, 0.6) is 0 Å². The topological polar surface area (TPSA) is 75.5 Å². The molecule has 0 spiro atoms. The number of carbonyl (C=O) groups excluding carboxylic acids is 1. The van der Waals surface area contributed by atoms with Crippen LogP contribution in [0.2, 0.25) is 5.02 Å². The first kappa shape index (κ1) is 21.0. The molecule has 2 heterocycles. The maximum absolute atomic E-state index is 13.5. The van der Waals surface area contributed by atoms with Gasteiger partial charge in [0.2, 0.25) is 0 Å². The van der Waals surface area contributed by atoms with Crippen molar-refractivity contribution in [3.63, 3.8) is 0 Å². The van der Waals surface area contributed by atoms with Crippen molar-refractivity contribution >= 4 is 28.9 Å². The summed E-state index contributed by atoms with van der Waals surface area (Å²) in [5, 5.41) is 15.5. The Morgan fingerprint density at radius 3 is 2.62 bits per heavy atom. The van der Waals surface area contributed by atoms with Gasteiger partial charge in [-0.1, -0.05) is 48.7 Å². The first-order chi connectivity index (χ1) is 15.5. The van der Waals surface area contributed by atoms with Crippen LogP contribution in [0.25, 0.3) is 0 Å². The third-order valence-corrected chi connectivity index (χ3v) is 7.39. The average molecular weight is 452 g/mol. The highest BCUT2D eigenvalue weighted by molar-refractivity contribution is 6.31. The normalized spacial score (nSPS) is 24.3. The number of nitrogens with zero attached hydrogens (tertiary/aromatic N) is 2. The van der Waals surface area contributed by atoms with Crippen molar-refractivity contribution in [1.82, 2.24) is 4.90 Å². The second kappa shape index (κ2) is 8.58. The molecule has 3 unspecified atom stereocenters. The molecule has 3 aliphatic rings. The van der Waals surface area contributed by atoms with Crippen LogP contribution in [0.15, 0.2) is 48.6 Å². The molecular formula is C25H26ClN3O3. The summed E-state index contributed by atoms with van der Waals surface area (Å²) in [6.45, 7) is 1.57. The summed E-state index contributed by atoms with van der Waals surface area (Å²) >= 11 is 6.54. The maximum Gasteiger partial charge on any atom is 0.269 e. The summed E-state index contributed by atoms with van der Waals surface area (Å²) < 4.78 is 0. The summed E-state index contributed by atoms with van der Waals surface area (Å²) in [4.78, 5) is 26.5. The van der Waals surface area contributed by atoms with E-state index in [1.165, 1.54) is 6.07 Å². The summed E-state index contributed by atoms with van der Waals surface area (Å²) in [7, 11) is 0. The van der Waals surface area contributed by atoms with Crippen molar-refractivity contribution in [2.24, 2.45) is 5.92 Å². The van der Waals surface area contributed by atoms with Crippen LogP contribution in [0.3, 0.4) is 0 Å². The lowest BCUT2D eigenvalue weighted by Crippen LogP contribution is -2.35. The van der Waals surface area contributed by atoms with Gasteiger partial charge in [0.05, 0.1) is 22.2 Å². The van der Waals surface area contributed by atoms with E-state index in [0.29, 0.717) is 16.1 Å². The minimum Gasteiger partial charge on any atom is -0.377 e. The monoisotopic (exact) mass is 451 g/mol. The molecule has 2 aromatic carbocycles. The number of anilines is 1. The third-order valence-electron chi connectivity index (χ3n) is 7.05. The Bertz CT molecular complexity index is 1090. The van der Waals surface area contributed by atoms with Gasteiger partial charge in [0.25, 0.3) is 11.6 Å². The summed E-state index contributed by atoms with van der Waals surface area (Å²) in [5.74, 6) is 0.384. The lowest BCUT2D eigenvalue weighted by molar-refractivity contribution is -0.384. The summed E-state index contributed by atoms with van der Waals surface area (Å²) in [5.41, 5.74) is 3.36. The number of hydrogen-bond acceptors (Lipinski definition) is 4. The molecule has 0 radical (unpaired) electrons. The van der Waals surface area contributed by atoms with Crippen LogP contribution in [-0.4, -0.2) is 28.8 Å². The van der Waals surface area contributed by atoms with Gasteiger partial charge in [0, 0.05) is 41.7 Å². The van der Waals surface area contributed by atoms with Crippen LogP contribution in [0.4, 0.5) is 11.4 Å². The number of likely N-dealkylation sites (tertiary alicyclic amines) is 1. The maximum atomic E-state index is 13.5. The standard InChI is InChI=1S/C25H26ClN3O3/c26-22-12-11-16(29(31)32)15-21(22)24-19-8-5-7-17(19)18-9-6-10-20(23(18)27-24)25(30)28-13-3-1-2-4-14-28/h5-7,9-12,15,17,19,24,27H,1-4,8,13-14H2. The first-order valence-electron chi connectivity index (χ1n) is 11.3. The van der Waals surface area contributed by atoms with Crippen molar-refractivity contribution in [2.75, 3.05) is 18.4 Å². The molecule has 7 heteroatoms. The number of benzene rings is 2. The number of amides is 1. The van der Waals surface area contributed by atoms with Gasteiger partial charge < -0.3 is 10.2 Å². The Morgan fingerprint density at radius 2 is 1.88 bits per heavy atom. The molecule has 1 fully saturated rings. The fraction of sp³-hybridized carbons (Fsp3) is 0.400. The second-order valence-corrected chi connectivity index (χ2v) is 9.32. The van der Waals surface area contributed by atoms with Crippen LogP contribution in [0, 0.1) is 16.0 Å². The van der Waals surface area contributed by atoms with E-state index in [2.05, 4.69) is 23.5 Å². The van der Waals surface area contributed by atoms with Gasteiger partial charge >= 0.3 is 0 Å². The number of nitro benzene ring substituents is 1. The summed E-state index contributed by atoms with van der Waals surface area (Å²) in [6, 6.07) is 10.3. The van der Waals surface area contributed by atoms with Gasteiger partial charge in [-0.2, -0.15) is 0 Å². The minimum absolute atomic E-state index is 0.0217. The van der Waals surface area contributed by atoms with E-state index in [1.54, 1.807) is 12.1 Å². The molecule has 5 rings (SSSR count). The van der Waals surface area contributed by atoms with Crippen molar-refractivity contribution in [2.45, 2.75) is 44.1 Å². The highest BCUT2D eigenvalue weighted by Crippen LogP contribution is 2.52. The highest BCUT2D eigenvalue weighted by Gasteiger charge is 2.40. The van der Waals surface area contributed by atoms with Crippen molar-refractivity contribution in [3.05, 3.63) is 80.4 Å². The Labute approximate surface area is 192 Å². The van der Waals surface area contributed by atoms with E-state index in [4.69, 9.17) is 11.6 Å². The molecule has 1 aliphatic carbocycles. The van der Waals surface area contributed by atoms with Crippen molar-refractivity contribution in [3.8, 4) is 0 Å². The Kier molecular flexibility index (Phi) is 5.64. The zero-order chi connectivity index (χ0) is 22.2. The number of nitro groups is 1. The fourth-order valence-corrected chi connectivity index (χ4v) is 5.67. The SMILES string of the molecule is O=C(c1cccc2c1NC(c1cc([N+](=O)[O-])ccc1Cl)C1CC=CC21)N1CCCCCC1. The lowest BCUT2D eigenvalue weighted by Gasteiger charge is -2.39. The highest BCUT2D eigenvalue weighted by atomic mass is 35.5. The van der Waals surface area contributed by atoms with Gasteiger partial charge in [-0.25, -0.2) is 0 Å². The van der Waals surface area contributed by atoms with Gasteiger partial charge in [0.1, 0.15) is 0 Å². The van der Waals surface area contributed by atoms with Crippen LogP contribution in [0.1, 0.15) is 65.5 Å². The molecule has 32 heavy (non-hydrogen) atoms. The summed E-state index contributed by atoms with van der Waals surface area (Å²) in [6.07, 6.45) is 9.61. The number of fused-ring (bicyclic) bond motifs is 3. The van der Waals surface area contributed by atoms with Crippen LogP contribution < -0.4 is 5.32 Å². The minimum atomic E-state index is -0.394. The number of halogens is 1. The largest absolute Gasteiger partial charge is 0.377 e. The van der Waals surface area contributed by atoms with E-state index in [0.717, 1.165) is 56.4 Å². The van der Waals surface area contributed by atoms with E-state index >= 15 is 0 Å². The zero-order valence-electron chi connectivity index (χ0n) is 17.8. The molecule has 0 saturated carbocycles. The van der Waals surface area contributed by atoms with Gasteiger partial charge in [-0.15, -0.1) is 0 Å². The smallest absolute Gasteiger partial charge is 0.269 e. The second-order valence-electron chi connectivity index (χ2n) is 8.91. The molecule has 3 atom stereocenters. The third kappa shape index (κ3) is 3.66. The van der Waals surface area contributed by atoms with Crippen molar-refractivity contribution in [1.29, 1.82) is 0 Å². The van der Waals surface area contributed by atoms with Gasteiger partial charge in [-0.05, 0) is 42.9 Å². The quantitative estimate of drug-likeness (QED) is 0.348. The van der Waals surface area contributed by atoms with Gasteiger partial charge in [0.15, 0.2) is 0 Å². The molecule has 6 nitrogen and oxygen atoms in total. The molecule has 0 aromatic heterocycles. The van der Waals surface area contributed by atoms with Crippen LogP contribution >= 0.6 is 11.6 Å². The number of carbonyl (C=O) groups is 1. The van der Waals surface area contributed by atoms with E-state index < -0.39 is 4.92 Å². The Hall–Kier alpha value is -2.86. The van der Waals surface area contributed by atoms with Crippen LogP contribution in [-0.2, 0) is 0 Å². The van der Waals surface area contributed by atoms with Crippen molar-refractivity contribution < 1.29 is 9.72 Å². The Balaban J connectivity index is 1.57. The fourth-order valence-electron chi connectivity index (χ4n) is 5.43. The van der Waals surface area contributed by atoms with E-state index in [1.807, 2.05) is 17.0 Å². The number of allylic oxidation sites excluding steroid dienone is 2. The zero-order valence-corrected chi connectivity index (χ0v) is 18.6. The predicted octanol–water partition coefficient (Wildman–Crippen LogP) is 6.09. The Morgan fingerprint density at radius 1 is 1.09 bits per heavy atom. The number of nitrogens with one attached hydrogen (secondary N) is 1. The molecular weight excluding hydrogens is 426 g/mol. The first-order valence-corrected chi connectivity index (χ1v) is 11.7. The van der Waals surface area contributed by atoms with E-state index in [9.17, 15) is 14.9 Å². The molecule has 1 amide bonds. The molecule has 166 valence electrons. The number of non-ortho nitro benzene ring substituents is 1. The molecule has 0 bridgehead atoms. The molecule has 2 aromatic rings. The predicted molar refractivity (Wildman–Crippen MR) is 125 cm³/mol. The molecule has 2 aliphatic heterocycles. The lowest BCUT2D eigenvalue weighted by atomic mass is 9.76. The van der Waals surface area contributed by atoms with E-state index in [-0.39, 0.29) is 29.5 Å². The average Bonchev–Trinajstić information content (AvgIpc) is 3.13. The number of hydrogen-bond donors (Lipinski definition) is 1. The number of rotatable bonds is 3.